The molecule has 1 saturated heterocycles. The van der Waals surface area contributed by atoms with E-state index in [9.17, 15) is 19.2 Å². The first kappa shape index (κ1) is 14.9. The minimum absolute atomic E-state index is 0.0206. The van der Waals surface area contributed by atoms with Gasteiger partial charge in [0.25, 0.3) is 0 Å². The maximum absolute atomic E-state index is 11.7. The number of carbonyl (C=O) groups is 4. The molecule has 0 bridgehead atoms. The van der Waals surface area contributed by atoms with Crippen LogP contribution in [0.1, 0.15) is 20.8 Å². The van der Waals surface area contributed by atoms with Crippen LogP contribution in [0.2, 0.25) is 0 Å². The van der Waals surface area contributed by atoms with E-state index in [1.807, 2.05) is 0 Å². The molecular weight excluding hydrogens is 260 g/mol. The Kier molecular flexibility index (Phi) is 4.85. The third-order valence-corrected chi connectivity index (χ3v) is 2.01. The van der Waals surface area contributed by atoms with Crippen LogP contribution in [0.25, 0.3) is 0 Å². The summed E-state index contributed by atoms with van der Waals surface area (Å²) in [7, 11) is 0. The van der Waals surface area contributed by atoms with Crippen LogP contribution in [-0.4, -0.2) is 48.8 Å². The lowest BCUT2D eigenvalue weighted by Crippen LogP contribution is -2.53. The fourth-order valence-electron chi connectivity index (χ4n) is 1.32. The largest absolute Gasteiger partial charge is 0.463 e. The zero-order valence-corrected chi connectivity index (χ0v) is 10.7. The van der Waals surface area contributed by atoms with Crippen LogP contribution in [-0.2, 0) is 38.1 Å². The van der Waals surface area contributed by atoms with Crippen molar-refractivity contribution in [2.24, 2.45) is 0 Å². The Morgan fingerprint density at radius 1 is 1.11 bits per heavy atom. The molecule has 1 rings (SSSR count). The fraction of sp³-hybridized carbons (Fsp3) is 0.636. The van der Waals surface area contributed by atoms with Gasteiger partial charge in [-0.1, -0.05) is 0 Å². The van der Waals surface area contributed by atoms with Gasteiger partial charge in [0.2, 0.25) is 12.2 Å². The van der Waals surface area contributed by atoms with Gasteiger partial charge in [-0.05, 0) is 20.8 Å². The van der Waals surface area contributed by atoms with Gasteiger partial charge in [-0.15, -0.1) is 0 Å². The average Bonchev–Trinajstić information content (AvgIpc) is 2.31. The van der Waals surface area contributed by atoms with Crippen molar-refractivity contribution in [1.29, 1.82) is 0 Å². The van der Waals surface area contributed by atoms with Crippen LogP contribution in [0.3, 0.4) is 0 Å². The van der Waals surface area contributed by atoms with Crippen LogP contribution in [0.4, 0.5) is 0 Å². The van der Waals surface area contributed by atoms with E-state index >= 15 is 0 Å². The van der Waals surface area contributed by atoms with E-state index in [4.69, 9.17) is 4.74 Å². The standard InChI is InChI=1S/C11H14O8/c1-4-16-8(12)6-7(9(13)17-5(2)3)19-11(15)10(14)18-6/h5-7H,4H2,1-3H3/t6-,7-/m1/s1. The molecule has 0 N–H and O–H groups in total. The summed E-state index contributed by atoms with van der Waals surface area (Å²) in [6.07, 6.45) is -3.77. The Morgan fingerprint density at radius 3 is 2.00 bits per heavy atom. The van der Waals surface area contributed by atoms with Crippen molar-refractivity contribution in [1.82, 2.24) is 0 Å². The highest BCUT2D eigenvalue weighted by molar-refractivity contribution is 6.31. The predicted octanol–water partition coefficient (Wildman–Crippen LogP) is -0.662. The molecule has 1 fully saturated rings. The van der Waals surface area contributed by atoms with E-state index in [0.717, 1.165) is 0 Å². The normalized spacial score (nSPS) is 22.5. The van der Waals surface area contributed by atoms with Crippen molar-refractivity contribution >= 4 is 23.9 Å². The molecule has 0 aliphatic carbocycles. The molecule has 0 aromatic rings. The molecule has 106 valence electrons. The SMILES string of the molecule is CCOC(=O)[C@@H]1OC(=O)C(=O)O[C@H]1C(=O)OC(C)C. The van der Waals surface area contributed by atoms with E-state index < -0.39 is 42.2 Å². The summed E-state index contributed by atoms with van der Waals surface area (Å²) in [4.78, 5) is 45.3. The summed E-state index contributed by atoms with van der Waals surface area (Å²) in [6.45, 7) is 4.71. The van der Waals surface area contributed by atoms with Crippen molar-refractivity contribution in [3.63, 3.8) is 0 Å². The van der Waals surface area contributed by atoms with Gasteiger partial charge in [-0.25, -0.2) is 19.2 Å². The Hall–Kier alpha value is -2.12. The van der Waals surface area contributed by atoms with Gasteiger partial charge >= 0.3 is 23.9 Å². The minimum atomic E-state index is -1.65. The number of rotatable bonds is 4. The average molecular weight is 274 g/mol. The van der Waals surface area contributed by atoms with Gasteiger partial charge in [-0.2, -0.15) is 0 Å². The zero-order chi connectivity index (χ0) is 14.6. The Bertz CT molecular complexity index is 399. The monoisotopic (exact) mass is 274 g/mol. The lowest BCUT2D eigenvalue weighted by molar-refractivity contribution is -0.209. The molecule has 1 aliphatic rings. The summed E-state index contributed by atoms with van der Waals surface area (Å²) >= 11 is 0. The molecule has 8 nitrogen and oxygen atoms in total. The molecule has 0 aromatic carbocycles. The number of carbonyl (C=O) groups excluding carboxylic acids is 4. The van der Waals surface area contributed by atoms with Crippen molar-refractivity contribution < 1.29 is 38.1 Å². The second kappa shape index (κ2) is 6.17. The number of esters is 4. The number of cyclic esters (lactones) is 2. The lowest BCUT2D eigenvalue weighted by Gasteiger charge is -2.27. The maximum Gasteiger partial charge on any atom is 0.418 e. The van der Waals surface area contributed by atoms with Crippen LogP contribution in [0.15, 0.2) is 0 Å². The first-order valence-corrected chi connectivity index (χ1v) is 5.65. The smallest absolute Gasteiger partial charge is 0.418 e. The summed E-state index contributed by atoms with van der Waals surface area (Å²) in [5, 5.41) is 0. The van der Waals surface area contributed by atoms with Crippen LogP contribution < -0.4 is 0 Å². The van der Waals surface area contributed by atoms with Crippen molar-refractivity contribution in [2.75, 3.05) is 6.61 Å². The first-order valence-electron chi connectivity index (χ1n) is 5.65. The number of ether oxygens (including phenoxy) is 4. The minimum Gasteiger partial charge on any atom is -0.463 e. The van der Waals surface area contributed by atoms with Gasteiger partial charge in [-0.3, -0.25) is 0 Å². The molecule has 2 atom stereocenters. The fourth-order valence-corrected chi connectivity index (χ4v) is 1.32. The van der Waals surface area contributed by atoms with Crippen LogP contribution in [0, 0.1) is 0 Å². The van der Waals surface area contributed by atoms with E-state index in [-0.39, 0.29) is 6.61 Å². The predicted molar refractivity (Wildman–Crippen MR) is 57.6 cm³/mol. The van der Waals surface area contributed by atoms with Gasteiger partial charge in [0.05, 0.1) is 12.7 Å². The number of hydrogen-bond donors (Lipinski definition) is 0. The molecule has 19 heavy (non-hydrogen) atoms. The van der Waals surface area contributed by atoms with Crippen molar-refractivity contribution in [3.8, 4) is 0 Å². The topological polar surface area (TPSA) is 105 Å². The molecule has 0 amide bonds. The third kappa shape index (κ3) is 3.67. The number of hydrogen-bond acceptors (Lipinski definition) is 8. The van der Waals surface area contributed by atoms with Crippen LogP contribution in [0.5, 0.6) is 0 Å². The highest BCUT2D eigenvalue weighted by Crippen LogP contribution is 2.16. The summed E-state index contributed by atoms with van der Waals surface area (Å²) < 4.78 is 18.5. The van der Waals surface area contributed by atoms with Gasteiger partial charge in [0, 0.05) is 0 Å². The second-order valence-electron chi connectivity index (χ2n) is 3.89. The highest BCUT2D eigenvalue weighted by Gasteiger charge is 2.48. The highest BCUT2D eigenvalue weighted by atomic mass is 16.7. The van der Waals surface area contributed by atoms with E-state index in [1.54, 1.807) is 13.8 Å². The molecular formula is C11H14O8. The molecule has 0 unspecified atom stereocenters. The zero-order valence-electron chi connectivity index (χ0n) is 10.7. The molecule has 0 spiro atoms. The first-order chi connectivity index (χ1) is 8.86. The van der Waals surface area contributed by atoms with Crippen LogP contribution >= 0.6 is 0 Å². The summed E-state index contributed by atoms with van der Waals surface area (Å²) in [5.74, 6) is -4.67. The van der Waals surface area contributed by atoms with Gasteiger partial charge < -0.3 is 18.9 Å². The Labute approximate surface area is 108 Å². The lowest BCUT2D eigenvalue weighted by atomic mass is 10.2. The summed E-state index contributed by atoms with van der Waals surface area (Å²) in [5.41, 5.74) is 0. The molecule has 1 heterocycles. The molecule has 0 saturated carbocycles. The van der Waals surface area contributed by atoms with E-state index in [2.05, 4.69) is 14.2 Å². The van der Waals surface area contributed by atoms with Crippen molar-refractivity contribution in [2.45, 2.75) is 39.1 Å². The molecule has 1 aliphatic heterocycles. The van der Waals surface area contributed by atoms with E-state index in [0.29, 0.717) is 0 Å². The second-order valence-corrected chi connectivity index (χ2v) is 3.89. The summed E-state index contributed by atoms with van der Waals surface area (Å²) in [6, 6.07) is 0. The van der Waals surface area contributed by atoms with Gasteiger partial charge in [0.1, 0.15) is 0 Å². The Balaban J connectivity index is 2.88. The van der Waals surface area contributed by atoms with Gasteiger partial charge in [0.15, 0.2) is 0 Å². The van der Waals surface area contributed by atoms with Crippen molar-refractivity contribution in [3.05, 3.63) is 0 Å². The molecule has 0 radical (unpaired) electrons. The Morgan fingerprint density at radius 2 is 1.58 bits per heavy atom. The molecule has 0 aromatic heterocycles. The maximum atomic E-state index is 11.7. The molecule has 8 heteroatoms. The third-order valence-electron chi connectivity index (χ3n) is 2.01. The van der Waals surface area contributed by atoms with E-state index in [1.165, 1.54) is 6.92 Å². The quantitative estimate of drug-likeness (QED) is 0.378.